The number of aryl methyl sites for hydroxylation is 1. The molecule has 82 valence electrons. The average Bonchev–Trinajstić information content (AvgIpc) is 2.30. The molecule has 1 aliphatic heterocycles. The van der Waals surface area contributed by atoms with Gasteiger partial charge in [0, 0.05) is 12.1 Å². The van der Waals surface area contributed by atoms with Gasteiger partial charge in [-0.1, -0.05) is 31.2 Å². The average molecular weight is 204 g/mol. The maximum absolute atomic E-state index is 6.12. The Kier molecular flexibility index (Phi) is 3.39. The van der Waals surface area contributed by atoms with Crippen LogP contribution in [0.3, 0.4) is 0 Å². The quantitative estimate of drug-likeness (QED) is 0.773. The third-order valence-electron chi connectivity index (χ3n) is 3.25. The van der Waals surface area contributed by atoms with E-state index < -0.39 is 0 Å². The third kappa shape index (κ3) is 2.39. The first-order valence-corrected chi connectivity index (χ1v) is 5.89. The summed E-state index contributed by atoms with van der Waals surface area (Å²) in [6.07, 6.45) is 3.43. The van der Waals surface area contributed by atoms with Crippen LogP contribution in [0.25, 0.3) is 0 Å². The number of nitrogens with one attached hydrogen (secondary N) is 1. The van der Waals surface area contributed by atoms with Gasteiger partial charge in [0.1, 0.15) is 0 Å². The minimum absolute atomic E-state index is 0.270. The molecule has 0 spiro atoms. The molecule has 2 unspecified atom stereocenters. The summed E-state index contributed by atoms with van der Waals surface area (Å²) in [6, 6.07) is 9.45. The van der Waals surface area contributed by atoms with Crippen molar-refractivity contribution in [2.75, 3.05) is 6.54 Å². The Morgan fingerprint density at radius 3 is 2.67 bits per heavy atom. The molecule has 0 aromatic heterocycles. The van der Waals surface area contributed by atoms with E-state index in [4.69, 9.17) is 5.73 Å². The first-order valence-electron chi connectivity index (χ1n) is 5.89. The Morgan fingerprint density at radius 2 is 2.07 bits per heavy atom. The predicted octanol–water partition coefficient (Wildman–Crippen LogP) is 2.00. The van der Waals surface area contributed by atoms with Crippen molar-refractivity contribution in [1.82, 2.24) is 5.32 Å². The van der Waals surface area contributed by atoms with Crippen molar-refractivity contribution in [3.8, 4) is 0 Å². The summed E-state index contributed by atoms with van der Waals surface area (Å²) >= 11 is 0. The summed E-state index contributed by atoms with van der Waals surface area (Å²) in [5.41, 5.74) is 8.84. The van der Waals surface area contributed by atoms with Crippen molar-refractivity contribution >= 4 is 0 Å². The second-order valence-corrected chi connectivity index (χ2v) is 4.33. The molecule has 0 bridgehead atoms. The van der Waals surface area contributed by atoms with Crippen LogP contribution in [0.2, 0.25) is 0 Å². The standard InChI is InChI=1S/C13H20N2/c1-2-10-5-7-11(8-6-10)13-12(14)4-3-9-15-13/h5-8,12-13,15H,2-4,9,14H2,1H3. The third-order valence-corrected chi connectivity index (χ3v) is 3.25. The summed E-state index contributed by atoms with van der Waals surface area (Å²) in [4.78, 5) is 0. The number of piperidine rings is 1. The van der Waals surface area contributed by atoms with Crippen LogP contribution in [-0.4, -0.2) is 12.6 Å². The van der Waals surface area contributed by atoms with Crippen LogP contribution in [0.15, 0.2) is 24.3 Å². The zero-order valence-corrected chi connectivity index (χ0v) is 9.37. The molecule has 1 aromatic rings. The molecule has 3 N–H and O–H groups in total. The molecule has 0 saturated carbocycles. The highest BCUT2D eigenvalue weighted by Gasteiger charge is 2.22. The highest BCUT2D eigenvalue weighted by molar-refractivity contribution is 5.26. The highest BCUT2D eigenvalue weighted by atomic mass is 15.0. The fourth-order valence-electron chi connectivity index (χ4n) is 2.24. The number of benzene rings is 1. The van der Waals surface area contributed by atoms with Gasteiger partial charge < -0.3 is 11.1 Å². The molecule has 1 heterocycles. The van der Waals surface area contributed by atoms with E-state index in [1.807, 2.05) is 0 Å². The molecule has 2 heteroatoms. The van der Waals surface area contributed by atoms with Crippen molar-refractivity contribution in [2.45, 2.75) is 38.3 Å². The van der Waals surface area contributed by atoms with Crippen LogP contribution < -0.4 is 11.1 Å². The minimum atomic E-state index is 0.270. The van der Waals surface area contributed by atoms with E-state index in [1.54, 1.807) is 0 Å². The van der Waals surface area contributed by atoms with Crippen molar-refractivity contribution in [2.24, 2.45) is 5.73 Å². The van der Waals surface area contributed by atoms with Crippen LogP contribution in [0, 0.1) is 0 Å². The Hall–Kier alpha value is -0.860. The second kappa shape index (κ2) is 4.77. The molecule has 2 atom stereocenters. The molecule has 1 fully saturated rings. The SMILES string of the molecule is CCc1ccc(C2NCCCC2N)cc1. The molecule has 1 aliphatic rings. The molecular formula is C13H20N2. The Labute approximate surface area is 91.9 Å². The van der Waals surface area contributed by atoms with Crippen LogP contribution in [0.4, 0.5) is 0 Å². The Morgan fingerprint density at radius 1 is 1.33 bits per heavy atom. The number of hydrogen-bond acceptors (Lipinski definition) is 2. The summed E-state index contributed by atoms with van der Waals surface area (Å²) in [5, 5.41) is 3.50. The number of rotatable bonds is 2. The van der Waals surface area contributed by atoms with E-state index in [0.29, 0.717) is 6.04 Å². The molecule has 0 aliphatic carbocycles. The van der Waals surface area contributed by atoms with Gasteiger partial charge in [-0.15, -0.1) is 0 Å². The van der Waals surface area contributed by atoms with Gasteiger partial charge in [0.05, 0.1) is 0 Å². The van der Waals surface area contributed by atoms with E-state index in [2.05, 4.69) is 36.5 Å². The van der Waals surface area contributed by atoms with Gasteiger partial charge >= 0.3 is 0 Å². The Balaban J connectivity index is 2.13. The molecule has 15 heavy (non-hydrogen) atoms. The lowest BCUT2D eigenvalue weighted by Crippen LogP contribution is -2.42. The van der Waals surface area contributed by atoms with E-state index in [-0.39, 0.29) is 6.04 Å². The van der Waals surface area contributed by atoms with Gasteiger partial charge in [-0.05, 0) is 36.9 Å². The molecule has 0 radical (unpaired) electrons. The minimum Gasteiger partial charge on any atom is -0.326 e. The monoisotopic (exact) mass is 204 g/mol. The van der Waals surface area contributed by atoms with E-state index in [9.17, 15) is 0 Å². The Bertz CT molecular complexity index is 305. The lowest BCUT2D eigenvalue weighted by atomic mass is 9.92. The second-order valence-electron chi connectivity index (χ2n) is 4.33. The van der Waals surface area contributed by atoms with Gasteiger partial charge in [-0.2, -0.15) is 0 Å². The smallest absolute Gasteiger partial charge is 0.0473 e. The van der Waals surface area contributed by atoms with Crippen LogP contribution in [0.5, 0.6) is 0 Å². The van der Waals surface area contributed by atoms with E-state index in [0.717, 1.165) is 19.4 Å². The van der Waals surface area contributed by atoms with E-state index in [1.165, 1.54) is 17.5 Å². The van der Waals surface area contributed by atoms with Crippen molar-refractivity contribution in [3.63, 3.8) is 0 Å². The van der Waals surface area contributed by atoms with Crippen LogP contribution >= 0.6 is 0 Å². The molecule has 2 nitrogen and oxygen atoms in total. The van der Waals surface area contributed by atoms with Crippen LogP contribution in [-0.2, 0) is 6.42 Å². The normalized spacial score (nSPS) is 26.5. The molecule has 1 saturated heterocycles. The van der Waals surface area contributed by atoms with Crippen LogP contribution in [0.1, 0.15) is 36.9 Å². The zero-order chi connectivity index (χ0) is 10.7. The first kappa shape index (κ1) is 10.7. The summed E-state index contributed by atoms with van der Waals surface area (Å²) in [5.74, 6) is 0. The highest BCUT2D eigenvalue weighted by Crippen LogP contribution is 2.22. The number of nitrogens with two attached hydrogens (primary N) is 1. The van der Waals surface area contributed by atoms with Crippen molar-refractivity contribution in [3.05, 3.63) is 35.4 Å². The molecule has 1 aromatic carbocycles. The topological polar surface area (TPSA) is 38.0 Å². The fraction of sp³-hybridized carbons (Fsp3) is 0.538. The molecule has 2 rings (SSSR count). The molecule has 0 amide bonds. The summed E-state index contributed by atoms with van der Waals surface area (Å²) < 4.78 is 0. The largest absolute Gasteiger partial charge is 0.326 e. The predicted molar refractivity (Wildman–Crippen MR) is 63.8 cm³/mol. The van der Waals surface area contributed by atoms with Crippen molar-refractivity contribution in [1.29, 1.82) is 0 Å². The summed E-state index contributed by atoms with van der Waals surface area (Å²) in [7, 11) is 0. The van der Waals surface area contributed by atoms with Gasteiger partial charge in [-0.25, -0.2) is 0 Å². The van der Waals surface area contributed by atoms with E-state index >= 15 is 0 Å². The lowest BCUT2D eigenvalue weighted by molar-refractivity contribution is 0.358. The van der Waals surface area contributed by atoms with Crippen molar-refractivity contribution < 1.29 is 0 Å². The maximum atomic E-state index is 6.12. The fourth-order valence-corrected chi connectivity index (χ4v) is 2.24. The number of hydrogen-bond donors (Lipinski definition) is 2. The van der Waals surface area contributed by atoms with Gasteiger partial charge in [0.25, 0.3) is 0 Å². The lowest BCUT2D eigenvalue weighted by Gasteiger charge is -2.30. The van der Waals surface area contributed by atoms with Gasteiger partial charge in [0.2, 0.25) is 0 Å². The van der Waals surface area contributed by atoms with Gasteiger partial charge in [0.15, 0.2) is 0 Å². The van der Waals surface area contributed by atoms with Gasteiger partial charge in [-0.3, -0.25) is 0 Å². The maximum Gasteiger partial charge on any atom is 0.0473 e. The summed E-state index contributed by atoms with van der Waals surface area (Å²) in [6.45, 7) is 3.27. The molecular weight excluding hydrogens is 184 g/mol. The first-order chi connectivity index (χ1) is 7.31. The zero-order valence-electron chi connectivity index (χ0n) is 9.37.